The first-order chi connectivity index (χ1) is 14.3. The second kappa shape index (κ2) is 8.18. The molecule has 7 nitrogen and oxygen atoms in total. The average molecular weight is 413 g/mol. The Morgan fingerprint density at radius 1 is 1.30 bits per heavy atom. The van der Waals surface area contributed by atoms with Gasteiger partial charge in [0.2, 0.25) is 5.95 Å². The Morgan fingerprint density at radius 3 is 2.80 bits per heavy atom. The van der Waals surface area contributed by atoms with Crippen LogP contribution in [-0.2, 0) is 23.4 Å². The van der Waals surface area contributed by atoms with Crippen LogP contribution in [0.15, 0.2) is 24.4 Å². The van der Waals surface area contributed by atoms with E-state index in [4.69, 9.17) is 4.74 Å². The van der Waals surface area contributed by atoms with Crippen LogP contribution in [0.5, 0.6) is 0 Å². The van der Waals surface area contributed by atoms with Crippen molar-refractivity contribution in [3.05, 3.63) is 52.6 Å². The van der Waals surface area contributed by atoms with Crippen molar-refractivity contribution in [3.8, 4) is 0 Å². The first-order valence-electron chi connectivity index (χ1n) is 10.3. The Kier molecular flexibility index (Phi) is 5.60. The largest absolute Gasteiger partial charge is 0.381 e. The maximum atomic E-state index is 13.6. The SMILES string of the molecule is Cc1cc(F)cc(CNC(=O)N2Cc3nc(NC4CCOCC4)ncc3C2(C)C)c1. The highest BCUT2D eigenvalue weighted by Crippen LogP contribution is 2.37. The number of nitrogens with zero attached hydrogens (tertiary/aromatic N) is 3. The molecule has 0 unspecified atom stereocenters. The van der Waals surface area contributed by atoms with Crippen LogP contribution >= 0.6 is 0 Å². The maximum absolute atomic E-state index is 13.6. The van der Waals surface area contributed by atoms with Gasteiger partial charge in [-0.2, -0.15) is 0 Å². The molecule has 2 aromatic rings. The Bertz CT molecular complexity index is 923. The summed E-state index contributed by atoms with van der Waals surface area (Å²) in [5.74, 6) is 0.293. The summed E-state index contributed by atoms with van der Waals surface area (Å²) in [6, 6.07) is 4.87. The maximum Gasteiger partial charge on any atom is 0.318 e. The number of ether oxygens (including phenoxy) is 1. The van der Waals surface area contributed by atoms with Crippen LogP contribution < -0.4 is 10.6 Å². The number of fused-ring (bicyclic) bond motifs is 1. The third-order valence-electron chi connectivity index (χ3n) is 5.85. The molecule has 1 fully saturated rings. The minimum absolute atomic E-state index is 0.209. The summed E-state index contributed by atoms with van der Waals surface area (Å²) in [6.07, 6.45) is 3.67. The van der Waals surface area contributed by atoms with Gasteiger partial charge in [0.05, 0.1) is 17.8 Å². The molecule has 4 rings (SSSR count). The molecular formula is C22H28FN5O2. The number of carbonyl (C=O) groups is 1. The highest BCUT2D eigenvalue weighted by atomic mass is 19.1. The van der Waals surface area contributed by atoms with Crippen LogP contribution in [0.4, 0.5) is 15.1 Å². The topological polar surface area (TPSA) is 79.4 Å². The van der Waals surface area contributed by atoms with Crippen LogP contribution in [-0.4, -0.2) is 40.2 Å². The van der Waals surface area contributed by atoms with Crippen molar-refractivity contribution in [1.29, 1.82) is 0 Å². The quantitative estimate of drug-likeness (QED) is 0.802. The van der Waals surface area contributed by atoms with Crippen molar-refractivity contribution in [2.75, 3.05) is 18.5 Å². The molecule has 0 atom stereocenters. The lowest BCUT2D eigenvalue weighted by Crippen LogP contribution is -2.45. The Morgan fingerprint density at radius 2 is 2.07 bits per heavy atom. The van der Waals surface area contributed by atoms with Crippen molar-refractivity contribution in [3.63, 3.8) is 0 Å². The number of benzene rings is 1. The molecule has 3 heterocycles. The molecule has 2 aliphatic rings. The number of rotatable bonds is 4. The molecule has 2 aliphatic heterocycles. The number of nitrogens with one attached hydrogen (secondary N) is 2. The lowest BCUT2D eigenvalue weighted by Gasteiger charge is -2.32. The summed E-state index contributed by atoms with van der Waals surface area (Å²) in [6.45, 7) is 7.96. The number of anilines is 1. The van der Waals surface area contributed by atoms with Gasteiger partial charge >= 0.3 is 6.03 Å². The van der Waals surface area contributed by atoms with E-state index in [0.29, 0.717) is 18.5 Å². The van der Waals surface area contributed by atoms with Crippen LogP contribution in [0, 0.1) is 12.7 Å². The molecule has 1 aromatic heterocycles. The highest BCUT2D eigenvalue weighted by Gasteiger charge is 2.41. The molecule has 2 N–H and O–H groups in total. The summed E-state index contributed by atoms with van der Waals surface area (Å²) < 4.78 is 19.0. The highest BCUT2D eigenvalue weighted by molar-refractivity contribution is 5.76. The van der Waals surface area contributed by atoms with Gasteiger partial charge in [0.15, 0.2) is 0 Å². The fraction of sp³-hybridized carbons (Fsp3) is 0.500. The normalized spacial score (nSPS) is 18.2. The molecule has 30 heavy (non-hydrogen) atoms. The standard InChI is InChI=1S/C22H28FN5O2/c1-14-8-15(10-16(23)9-14)11-25-21(29)28-13-19-18(22(28,2)3)12-24-20(27-19)26-17-4-6-30-7-5-17/h8-10,12,17H,4-7,11,13H2,1-3H3,(H,25,29)(H,24,26,27). The number of hydrogen-bond acceptors (Lipinski definition) is 5. The van der Waals surface area contributed by atoms with Gasteiger partial charge in [-0.25, -0.2) is 19.2 Å². The number of halogens is 1. The van der Waals surface area contributed by atoms with Gasteiger partial charge in [-0.05, 0) is 56.9 Å². The molecule has 0 saturated carbocycles. The predicted octanol–water partition coefficient (Wildman–Crippen LogP) is 3.48. The van der Waals surface area contributed by atoms with Gasteiger partial charge in [0.1, 0.15) is 5.82 Å². The van der Waals surface area contributed by atoms with E-state index in [1.165, 1.54) is 12.1 Å². The molecule has 1 aromatic carbocycles. The van der Waals surface area contributed by atoms with E-state index >= 15 is 0 Å². The summed E-state index contributed by atoms with van der Waals surface area (Å²) in [4.78, 5) is 23.8. The zero-order valence-electron chi connectivity index (χ0n) is 17.7. The number of urea groups is 1. The molecule has 1 saturated heterocycles. The molecule has 0 radical (unpaired) electrons. The molecular weight excluding hydrogens is 385 g/mol. The molecule has 2 amide bonds. The van der Waals surface area contributed by atoms with E-state index in [1.54, 1.807) is 4.90 Å². The first-order valence-corrected chi connectivity index (χ1v) is 10.3. The van der Waals surface area contributed by atoms with E-state index in [9.17, 15) is 9.18 Å². The number of aryl methyl sites for hydroxylation is 1. The zero-order valence-corrected chi connectivity index (χ0v) is 17.7. The van der Waals surface area contributed by atoms with Crippen LogP contribution in [0.2, 0.25) is 0 Å². The van der Waals surface area contributed by atoms with Crippen LogP contribution in [0.3, 0.4) is 0 Å². The number of hydrogen-bond donors (Lipinski definition) is 2. The Labute approximate surface area is 176 Å². The molecule has 0 aliphatic carbocycles. The van der Waals surface area contributed by atoms with Crippen molar-refractivity contribution >= 4 is 12.0 Å². The first kappa shape index (κ1) is 20.5. The monoisotopic (exact) mass is 413 g/mol. The Hall–Kier alpha value is -2.74. The minimum atomic E-state index is -0.533. The van der Waals surface area contributed by atoms with Crippen LogP contribution in [0.1, 0.15) is 49.1 Å². The van der Waals surface area contributed by atoms with E-state index < -0.39 is 5.54 Å². The smallest absolute Gasteiger partial charge is 0.318 e. The van der Waals surface area contributed by atoms with Crippen LogP contribution in [0.25, 0.3) is 0 Å². The summed E-state index contributed by atoms with van der Waals surface area (Å²) in [5, 5.41) is 6.29. The second-order valence-corrected chi connectivity index (χ2v) is 8.53. The fourth-order valence-corrected chi connectivity index (χ4v) is 4.15. The van der Waals surface area contributed by atoms with Crippen molar-refractivity contribution in [2.45, 2.75) is 58.3 Å². The second-order valence-electron chi connectivity index (χ2n) is 8.53. The molecule has 8 heteroatoms. The van der Waals surface area contributed by atoms with Gasteiger partial charge in [0.25, 0.3) is 0 Å². The molecule has 160 valence electrons. The number of carbonyl (C=O) groups excluding carboxylic acids is 1. The lowest BCUT2D eigenvalue weighted by molar-refractivity contribution is 0.0903. The van der Waals surface area contributed by atoms with Gasteiger partial charge in [-0.15, -0.1) is 0 Å². The van der Waals surface area contributed by atoms with Crippen molar-refractivity contribution in [2.24, 2.45) is 0 Å². The molecule has 0 bridgehead atoms. The molecule has 0 spiro atoms. The van der Waals surface area contributed by atoms with E-state index in [1.807, 2.05) is 33.0 Å². The van der Waals surface area contributed by atoms with Gasteiger partial charge in [-0.1, -0.05) is 6.07 Å². The van der Waals surface area contributed by atoms with Crippen molar-refractivity contribution in [1.82, 2.24) is 20.2 Å². The minimum Gasteiger partial charge on any atom is -0.381 e. The predicted molar refractivity (Wildman–Crippen MR) is 111 cm³/mol. The van der Waals surface area contributed by atoms with E-state index in [0.717, 1.165) is 48.4 Å². The number of aromatic nitrogens is 2. The van der Waals surface area contributed by atoms with Gasteiger partial charge in [0, 0.05) is 37.6 Å². The zero-order chi connectivity index (χ0) is 21.3. The average Bonchev–Trinajstić information content (AvgIpc) is 2.96. The lowest BCUT2D eigenvalue weighted by atomic mass is 9.97. The van der Waals surface area contributed by atoms with E-state index in [2.05, 4.69) is 20.6 Å². The third kappa shape index (κ3) is 4.23. The summed E-state index contributed by atoms with van der Waals surface area (Å²) in [5.41, 5.74) is 2.82. The van der Waals surface area contributed by atoms with Gasteiger partial charge in [-0.3, -0.25) is 0 Å². The summed E-state index contributed by atoms with van der Waals surface area (Å²) in [7, 11) is 0. The number of amides is 2. The Balaban J connectivity index is 1.44. The van der Waals surface area contributed by atoms with Gasteiger partial charge < -0.3 is 20.3 Å². The summed E-state index contributed by atoms with van der Waals surface area (Å²) >= 11 is 0. The van der Waals surface area contributed by atoms with E-state index in [-0.39, 0.29) is 18.4 Å². The third-order valence-corrected chi connectivity index (χ3v) is 5.85. The van der Waals surface area contributed by atoms with Crippen molar-refractivity contribution < 1.29 is 13.9 Å². The fourth-order valence-electron chi connectivity index (χ4n) is 4.15.